The van der Waals surface area contributed by atoms with Gasteiger partial charge in [-0.15, -0.1) is 0 Å². The Morgan fingerprint density at radius 3 is 2.04 bits per heavy atom. The van der Waals surface area contributed by atoms with Gasteiger partial charge in [0.05, 0.1) is 5.69 Å². The van der Waals surface area contributed by atoms with Crippen molar-refractivity contribution in [1.82, 2.24) is 4.98 Å². The third-order valence-electron chi connectivity index (χ3n) is 10.4. The first-order valence-corrected chi connectivity index (χ1v) is 16.5. The number of fused-ring (bicyclic) bond motifs is 5. The maximum atomic E-state index is 9.03. The summed E-state index contributed by atoms with van der Waals surface area (Å²) in [6.07, 6.45) is 1.58. The second-order valence-electron chi connectivity index (χ2n) is 17.5. The monoisotopic (exact) mass is 602 g/mol. The lowest BCUT2D eigenvalue weighted by Gasteiger charge is -2.30. The number of furan rings is 1. The van der Waals surface area contributed by atoms with E-state index in [0.29, 0.717) is 16.8 Å². The van der Waals surface area contributed by atoms with Crippen molar-refractivity contribution in [1.29, 1.82) is 0 Å². The third kappa shape index (κ3) is 4.69. The fourth-order valence-electron chi connectivity index (χ4n) is 9.29. The molecule has 0 N–H and O–H groups in total. The lowest BCUT2D eigenvalue weighted by atomic mass is 9.74. The van der Waals surface area contributed by atoms with Crippen LogP contribution >= 0.6 is 0 Å². The van der Waals surface area contributed by atoms with E-state index in [9.17, 15) is 0 Å². The van der Waals surface area contributed by atoms with Gasteiger partial charge < -0.3 is 4.42 Å². The summed E-state index contributed by atoms with van der Waals surface area (Å²) in [6, 6.07) is 16.8. The lowest BCUT2D eigenvalue weighted by molar-refractivity contribution is 0.396. The Balaban J connectivity index is 1.47. The Labute approximate surface area is 277 Å². The van der Waals surface area contributed by atoms with E-state index >= 15 is 0 Å². The van der Waals surface area contributed by atoms with Gasteiger partial charge in [-0.1, -0.05) is 100 Å². The van der Waals surface area contributed by atoms with Crippen LogP contribution in [0.15, 0.2) is 59.1 Å². The SMILES string of the molecule is [2H]C([2H])([2H])c1cnc(-c2cccc3c2oc2cc(-c4c5c(cc6c4C(C)(C)CC6(C)C)C(C)(C)CC5(C)C)ccc23)cc1C([2H])([2H])C(C)(C)C. The molecule has 7 rings (SSSR count). The summed E-state index contributed by atoms with van der Waals surface area (Å²) in [5.41, 5.74) is 10.4. The Hall–Kier alpha value is -3.39. The average Bonchev–Trinajstić information content (AvgIpc) is 3.51. The van der Waals surface area contributed by atoms with Gasteiger partial charge in [-0.25, -0.2) is 0 Å². The van der Waals surface area contributed by atoms with Crippen LogP contribution in [-0.4, -0.2) is 4.98 Å². The molecule has 0 saturated carbocycles. The Kier molecular flexibility index (Phi) is 5.14. The summed E-state index contributed by atoms with van der Waals surface area (Å²) in [5, 5.41) is 1.94. The quantitative estimate of drug-likeness (QED) is 0.205. The summed E-state index contributed by atoms with van der Waals surface area (Å²) in [5.74, 6) is 0. The molecule has 0 radical (unpaired) electrons. The number of aryl methyl sites for hydroxylation is 1. The standard InChI is InChI=1S/C43H51NO/c1-25-22-44-33(18-27(25)21-39(2,3)4)30-15-13-14-29-28-17-16-26(19-34(28)45-38(29)30)35-36-31(40(5,6)23-42(36,9)10)20-32-37(35)43(11,12)24-41(32,7)8/h13-20,22H,21,23-24H2,1-12H3/i1D3,21D2. The van der Waals surface area contributed by atoms with Crippen LogP contribution in [0, 0.1) is 12.3 Å². The van der Waals surface area contributed by atoms with Gasteiger partial charge >= 0.3 is 0 Å². The molecule has 2 heterocycles. The van der Waals surface area contributed by atoms with E-state index in [1.165, 1.54) is 39.6 Å². The van der Waals surface area contributed by atoms with Crippen LogP contribution in [0.2, 0.25) is 0 Å². The minimum Gasteiger partial charge on any atom is -0.455 e. The topological polar surface area (TPSA) is 26.0 Å². The molecule has 2 aliphatic rings. The van der Waals surface area contributed by atoms with Crippen molar-refractivity contribution in [3.05, 3.63) is 88.1 Å². The third-order valence-corrected chi connectivity index (χ3v) is 10.4. The second-order valence-corrected chi connectivity index (χ2v) is 17.5. The van der Waals surface area contributed by atoms with Gasteiger partial charge in [-0.05, 0) is 122 Å². The number of aromatic nitrogens is 1. The molecule has 2 heteroatoms. The van der Waals surface area contributed by atoms with E-state index in [0.717, 1.165) is 29.2 Å². The van der Waals surface area contributed by atoms with E-state index in [-0.39, 0.29) is 32.8 Å². The normalized spacial score (nSPS) is 21.5. The van der Waals surface area contributed by atoms with Crippen LogP contribution < -0.4 is 0 Å². The minimum atomic E-state index is -2.51. The molecule has 0 aliphatic heterocycles. The number of para-hydroxylation sites is 1. The molecule has 2 aromatic heterocycles. The lowest BCUT2D eigenvalue weighted by Crippen LogP contribution is -2.20. The minimum absolute atomic E-state index is 0.00423. The summed E-state index contributed by atoms with van der Waals surface area (Å²) < 4.78 is 49.3. The molecule has 5 aromatic rings. The van der Waals surface area contributed by atoms with Crippen LogP contribution in [-0.2, 0) is 28.0 Å². The average molecular weight is 603 g/mol. The summed E-state index contributed by atoms with van der Waals surface area (Å²) in [6.45, 7) is 22.0. The van der Waals surface area contributed by atoms with Crippen molar-refractivity contribution in [3.63, 3.8) is 0 Å². The number of rotatable bonds is 3. The smallest absolute Gasteiger partial charge is 0.144 e. The maximum absolute atomic E-state index is 9.03. The zero-order valence-corrected chi connectivity index (χ0v) is 29.0. The van der Waals surface area contributed by atoms with E-state index in [1.54, 1.807) is 26.8 Å². The molecule has 0 amide bonds. The molecule has 234 valence electrons. The molecular formula is C43H51NO. The molecule has 0 unspecified atom stereocenters. The summed E-state index contributed by atoms with van der Waals surface area (Å²) in [4.78, 5) is 4.61. The first-order chi connectivity index (χ1) is 22.8. The number of benzene rings is 3. The second kappa shape index (κ2) is 9.34. The number of hydrogen-bond acceptors (Lipinski definition) is 2. The van der Waals surface area contributed by atoms with Gasteiger partial charge in [-0.2, -0.15) is 0 Å². The highest BCUT2D eigenvalue weighted by Crippen LogP contribution is 2.60. The van der Waals surface area contributed by atoms with E-state index in [2.05, 4.69) is 84.6 Å². The van der Waals surface area contributed by atoms with Crippen molar-refractivity contribution in [2.75, 3.05) is 0 Å². The maximum Gasteiger partial charge on any atom is 0.144 e. The molecule has 2 nitrogen and oxygen atoms in total. The highest BCUT2D eigenvalue weighted by Gasteiger charge is 2.50. The Bertz CT molecular complexity index is 2170. The zero-order valence-electron chi connectivity index (χ0n) is 34.0. The van der Waals surface area contributed by atoms with Crippen molar-refractivity contribution < 1.29 is 11.3 Å². The van der Waals surface area contributed by atoms with Crippen molar-refractivity contribution in [2.24, 2.45) is 5.41 Å². The van der Waals surface area contributed by atoms with Gasteiger partial charge in [0.25, 0.3) is 0 Å². The van der Waals surface area contributed by atoms with Crippen LogP contribution in [0.3, 0.4) is 0 Å². The highest BCUT2D eigenvalue weighted by atomic mass is 16.3. The van der Waals surface area contributed by atoms with E-state index in [4.69, 9.17) is 11.3 Å². The summed E-state index contributed by atoms with van der Waals surface area (Å²) in [7, 11) is 0. The molecule has 0 bridgehead atoms. The molecule has 0 fully saturated rings. The molecule has 0 spiro atoms. The van der Waals surface area contributed by atoms with Crippen molar-refractivity contribution in [2.45, 2.75) is 124 Å². The molecule has 2 aliphatic carbocycles. The highest BCUT2D eigenvalue weighted by molar-refractivity contribution is 6.10. The summed E-state index contributed by atoms with van der Waals surface area (Å²) >= 11 is 0. The fraction of sp³-hybridized carbons (Fsp3) is 0.465. The fourth-order valence-corrected chi connectivity index (χ4v) is 9.29. The van der Waals surface area contributed by atoms with E-state index < -0.39 is 18.6 Å². The first kappa shape index (κ1) is 24.8. The molecular weight excluding hydrogens is 546 g/mol. The van der Waals surface area contributed by atoms with Gasteiger partial charge in [-0.3, -0.25) is 4.98 Å². The number of nitrogens with zero attached hydrogens (tertiary/aromatic N) is 1. The molecule has 3 aromatic carbocycles. The van der Waals surface area contributed by atoms with Crippen molar-refractivity contribution >= 4 is 21.9 Å². The predicted molar refractivity (Wildman–Crippen MR) is 192 cm³/mol. The number of pyridine rings is 1. The molecule has 0 saturated heterocycles. The van der Waals surface area contributed by atoms with E-state index in [1.807, 2.05) is 18.2 Å². The molecule has 45 heavy (non-hydrogen) atoms. The largest absolute Gasteiger partial charge is 0.455 e. The Morgan fingerprint density at radius 1 is 0.800 bits per heavy atom. The number of hydrogen-bond donors (Lipinski definition) is 0. The first-order valence-electron chi connectivity index (χ1n) is 19.0. The zero-order chi connectivity index (χ0) is 36.8. The van der Waals surface area contributed by atoms with Gasteiger partial charge in [0.2, 0.25) is 0 Å². The van der Waals surface area contributed by atoms with Crippen molar-refractivity contribution in [3.8, 4) is 22.4 Å². The van der Waals surface area contributed by atoms with Crippen LogP contribution in [0.25, 0.3) is 44.3 Å². The Morgan fingerprint density at radius 2 is 1.44 bits per heavy atom. The molecule has 0 atom stereocenters. The predicted octanol–water partition coefficient (Wildman–Crippen LogP) is 12.1. The van der Waals surface area contributed by atoms with Gasteiger partial charge in [0, 0.05) is 29.4 Å². The van der Waals surface area contributed by atoms with Gasteiger partial charge in [0.1, 0.15) is 11.2 Å². The van der Waals surface area contributed by atoms with Gasteiger partial charge in [0.15, 0.2) is 0 Å². The van der Waals surface area contributed by atoms with Crippen LogP contribution in [0.5, 0.6) is 0 Å². The van der Waals surface area contributed by atoms with Crippen LogP contribution in [0.4, 0.5) is 0 Å². The van der Waals surface area contributed by atoms with Crippen LogP contribution in [0.1, 0.15) is 129 Å².